The molecule has 0 aliphatic carbocycles. The molecule has 0 radical (unpaired) electrons. The lowest BCUT2D eigenvalue weighted by Crippen LogP contribution is -2.58. The third kappa shape index (κ3) is 12.1. The molecule has 0 spiro atoms. The molecule has 0 heterocycles. The fraction of sp³-hybridized carbons (Fsp3) is 0.667. The fourth-order valence-electron chi connectivity index (χ4n) is 2.93. The minimum atomic E-state index is -1.47. The van der Waals surface area contributed by atoms with Crippen LogP contribution in [0, 0.1) is 11.8 Å². The van der Waals surface area contributed by atoms with Crippen molar-refractivity contribution in [1.82, 2.24) is 26.6 Å². The quantitative estimate of drug-likeness (QED) is 0.100. The van der Waals surface area contributed by atoms with Crippen LogP contribution in [0.2, 0.25) is 0 Å². The van der Waals surface area contributed by atoms with Crippen molar-refractivity contribution >= 4 is 41.4 Å². The van der Waals surface area contributed by atoms with E-state index in [4.69, 9.17) is 16.6 Å². The summed E-state index contributed by atoms with van der Waals surface area (Å²) < 4.78 is 0. The van der Waals surface area contributed by atoms with Crippen molar-refractivity contribution in [1.29, 1.82) is 0 Å². The lowest BCUT2D eigenvalue weighted by atomic mass is 9.97. The number of amides is 6. The van der Waals surface area contributed by atoms with Crippen molar-refractivity contribution in [3.8, 4) is 0 Å². The molecular formula is C21H37N7O8. The van der Waals surface area contributed by atoms with Gasteiger partial charge in [-0.3, -0.25) is 33.6 Å². The maximum Gasteiger partial charge on any atom is 0.322 e. The molecule has 4 atom stereocenters. The van der Waals surface area contributed by atoms with E-state index in [1.54, 1.807) is 27.7 Å². The number of carboxylic acids is 1. The van der Waals surface area contributed by atoms with Crippen molar-refractivity contribution < 1.29 is 38.7 Å². The zero-order valence-electron chi connectivity index (χ0n) is 20.9. The average molecular weight is 516 g/mol. The standard InChI is InChI=1S/C21H37N7O8/c1-5-11(4)18(21(36)25-9-16(32)33)28-19(34)12(6-13(23)29)26-15(31)8-24-20(35)17(10(2)3)27-14(30)7-22/h10-12,17-18H,5-9,22H2,1-4H3,(H2,23,29)(H,24,35)(H,25,36)(H,26,31)(H,27,30)(H,28,34)(H,32,33)/t11-,12-,17-,18-/m0/s1. The first-order valence-corrected chi connectivity index (χ1v) is 11.4. The van der Waals surface area contributed by atoms with Gasteiger partial charge in [0.1, 0.15) is 24.7 Å². The van der Waals surface area contributed by atoms with Crippen LogP contribution in [-0.2, 0) is 33.6 Å². The summed E-state index contributed by atoms with van der Waals surface area (Å²) in [5, 5.41) is 20.4. The van der Waals surface area contributed by atoms with Gasteiger partial charge < -0.3 is 43.2 Å². The summed E-state index contributed by atoms with van der Waals surface area (Å²) in [5.41, 5.74) is 10.4. The van der Waals surface area contributed by atoms with Gasteiger partial charge in [-0.2, -0.15) is 0 Å². The van der Waals surface area contributed by atoms with Crippen LogP contribution in [0.4, 0.5) is 0 Å². The molecule has 0 unspecified atom stereocenters. The first-order valence-electron chi connectivity index (χ1n) is 11.4. The monoisotopic (exact) mass is 515 g/mol. The maximum absolute atomic E-state index is 12.8. The van der Waals surface area contributed by atoms with Gasteiger partial charge in [0.15, 0.2) is 0 Å². The molecule has 36 heavy (non-hydrogen) atoms. The maximum atomic E-state index is 12.8. The number of hydrogen-bond acceptors (Lipinski definition) is 8. The number of primary amides is 1. The van der Waals surface area contributed by atoms with Gasteiger partial charge in [-0.25, -0.2) is 0 Å². The van der Waals surface area contributed by atoms with Gasteiger partial charge in [-0.05, 0) is 11.8 Å². The van der Waals surface area contributed by atoms with E-state index in [0.29, 0.717) is 6.42 Å². The van der Waals surface area contributed by atoms with Gasteiger partial charge in [-0.15, -0.1) is 0 Å². The van der Waals surface area contributed by atoms with Crippen molar-refractivity contribution in [3.63, 3.8) is 0 Å². The number of rotatable bonds is 16. The van der Waals surface area contributed by atoms with Crippen molar-refractivity contribution in [2.45, 2.75) is 58.7 Å². The number of nitrogens with two attached hydrogens (primary N) is 2. The Morgan fingerprint density at radius 2 is 1.33 bits per heavy atom. The Kier molecular flexibility index (Phi) is 14.4. The Bertz CT molecular complexity index is 833. The molecule has 10 N–H and O–H groups in total. The highest BCUT2D eigenvalue weighted by Gasteiger charge is 2.31. The second kappa shape index (κ2) is 16.0. The molecule has 204 valence electrons. The second-order valence-corrected chi connectivity index (χ2v) is 8.49. The SMILES string of the molecule is CC[C@H](C)[C@H](NC(=O)[C@H](CC(N)=O)NC(=O)CNC(=O)[C@@H](NC(=O)CN)C(C)C)C(=O)NCC(=O)O. The predicted molar refractivity (Wildman–Crippen MR) is 127 cm³/mol. The summed E-state index contributed by atoms with van der Waals surface area (Å²) in [6.07, 6.45) is -0.154. The molecule has 0 aromatic rings. The number of carbonyl (C=O) groups is 7. The Morgan fingerprint density at radius 3 is 1.81 bits per heavy atom. The van der Waals surface area contributed by atoms with Crippen LogP contribution in [0.1, 0.15) is 40.5 Å². The first kappa shape index (κ1) is 32.2. The summed E-state index contributed by atoms with van der Waals surface area (Å²) in [5.74, 6) is -6.65. The highest BCUT2D eigenvalue weighted by molar-refractivity contribution is 5.96. The number of aliphatic carboxylic acids is 1. The molecule has 6 amide bonds. The molecule has 15 nitrogen and oxygen atoms in total. The highest BCUT2D eigenvalue weighted by Crippen LogP contribution is 2.09. The Hall–Kier alpha value is -3.75. The molecular weight excluding hydrogens is 478 g/mol. The Morgan fingerprint density at radius 1 is 0.778 bits per heavy atom. The zero-order valence-corrected chi connectivity index (χ0v) is 20.9. The highest BCUT2D eigenvalue weighted by atomic mass is 16.4. The van der Waals surface area contributed by atoms with Crippen LogP contribution in [-0.4, -0.2) is 84.3 Å². The van der Waals surface area contributed by atoms with Crippen LogP contribution in [0.15, 0.2) is 0 Å². The molecule has 0 saturated heterocycles. The van der Waals surface area contributed by atoms with Crippen LogP contribution in [0.3, 0.4) is 0 Å². The van der Waals surface area contributed by atoms with Crippen LogP contribution < -0.4 is 38.1 Å². The lowest BCUT2D eigenvalue weighted by molar-refractivity contribution is -0.139. The van der Waals surface area contributed by atoms with Gasteiger partial charge in [0.25, 0.3) is 0 Å². The molecule has 0 saturated carbocycles. The summed E-state index contributed by atoms with van der Waals surface area (Å²) in [4.78, 5) is 83.7. The normalized spacial score (nSPS) is 13.9. The van der Waals surface area contributed by atoms with E-state index in [0.717, 1.165) is 0 Å². The second-order valence-electron chi connectivity index (χ2n) is 8.49. The molecule has 0 rings (SSSR count). The van der Waals surface area contributed by atoms with Crippen molar-refractivity contribution in [2.24, 2.45) is 23.3 Å². The average Bonchev–Trinajstić information content (AvgIpc) is 2.80. The third-order valence-electron chi connectivity index (χ3n) is 5.14. The van der Waals surface area contributed by atoms with E-state index >= 15 is 0 Å². The van der Waals surface area contributed by atoms with E-state index in [-0.39, 0.29) is 12.5 Å². The van der Waals surface area contributed by atoms with E-state index < -0.39 is 85.0 Å². The molecule has 0 aliphatic rings. The number of nitrogens with one attached hydrogen (secondary N) is 5. The number of hydrogen-bond donors (Lipinski definition) is 8. The van der Waals surface area contributed by atoms with E-state index in [1.165, 1.54) is 0 Å². The minimum absolute atomic E-state index is 0.318. The van der Waals surface area contributed by atoms with Crippen molar-refractivity contribution in [2.75, 3.05) is 19.6 Å². The molecule has 0 aliphatic heterocycles. The third-order valence-corrected chi connectivity index (χ3v) is 5.14. The summed E-state index contributed by atoms with van der Waals surface area (Å²) in [6.45, 7) is 5.18. The Labute approximate surface area is 208 Å². The van der Waals surface area contributed by atoms with Crippen LogP contribution >= 0.6 is 0 Å². The molecule has 0 aromatic carbocycles. The molecule has 0 bridgehead atoms. The number of carboxylic acid groups (broad SMARTS) is 1. The summed E-state index contributed by atoms with van der Waals surface area (Å²) in [6, 6.07) is -3.57. The van der Waals surface area contributed by atoms with E-state index in [1.807, 2.05) is 0 Å². The van der Waals surface area contributed by atoms with Gasteiger partial charge in [0, 0.05) is 0 Å². The number of carbonyl (C=O) groups excluding carboxylic acids is 6. The smallest absolute Gasteiger partial charge is 0.322 e. The zero-order chi connectivity index (χ0) is 28.0. The largest absolute Gasteiger partial charge is 0.480 e. The van der Waals surface area contributed by atoms with Crippen LogP contribution in [0.5, 0.6) is 0 Å². The van der Waals surface area contributed by atoms with Crippen molar-refractivity contribution in [3.05, 3.63) is 0 Å². The lowest BCUT2D eigenvalue weighted by Gasteiger charge is -2.26. The van der Waals surface area contributed by atoms with Gasteiger partial charge >= 0.3 is 5.97 Å². The fourth-order valence-corrected chi connectivity index (χ4v) is 2.93. The van der Waals surface area contributed by atoms with Crippen LogP contribution in [0.25, 0.3) is 0 Å². The van der Waals surface area contributed by atoms with E-state index in [9.17, 15) is 33.6 Å². The van der Waals surface area contributed by atoms with E-state index in [2.05, 4.69) is 26.6 Å². The topological polar surface area (TPSA) is 252 Å². The summed E-state index contributed by atoms with van der Waals surface area (Å²) >= 11 is 0. The summed E-state index contributed by atoms with van der Waals surface area (Å²) in [7, 11) is 0. The molecule has 0 aromatic heterocycles. The Balaban J connectivity index is 5.32. The predicted octanol–water partition coefficient (Wildman–Crippen LogP) is -3.71. The first-order chi connectivity index (χ1) is 16.7. The minimum Gasteiger partial charge on any atom is -0.480 e. The molecule has 15 heteroatoms. The molecule has 0 fully saturated rings. The van der Waals surface area contributed by atoms with Gasteiger partial charge in [0.2, 0.25) is 35.4 Å². The van der Waals surface area contributed by atoms with Gasteiger partial charge in [0.05, 0.1) is 19.5 Å². The van der Waals surface area contributed by atoms with Gasteiger partial charge in [-0.1, -0.05) is 34.1 Å².